The van der Waals surface area contributed by atoms with Gasteiger partial charge in [0.15, 0.2) is 10.7 Å². The van der Waals surface area contributed by atoms with E-state index in [-0.39, 0.29) is 11.7 Å². The van der Waals surface area contributed by atoms with Crippen LogP contribution in [0.1, 0.15) is 47.5 Å². The van der Waals surface area contributed by atoms with Gasteiger partial charge in [0, 0.05) is 6.92 Å². The molecule has 0 aliphatic carbocycles. The van der Waals surface area contributed by atoms with E-state index in [0.29, 0.717) is 12.8 Å². The van der Waals surface area contributed by atoms with Crippen molar-refractivity contribution in [2.45, 2.75) is 53.1 Å². The molecule has 0 radical (unpaired) electrons. The molecule has 96 valence electrons. The monoisotopic (exact) mass is 241 g/mol. The van der Waals surface area contributed by atoms with E-state index in [1.54, 1.807) is 0 Å². The van der Waals surface area contributed by atoms with Crippen LogP contribution in [0.5, 0.6) is 0 Å². The molecule has 17 heavy (non-hydrogen) atoms. The first-order valence-electron chi connectivity index (χ1n) is 5.82. The minimum atomic E-state index is -0.801. The second-order valence-electron chi connectivity index (χ2n) is 4.35. The van der Waals surface area contributed by atoms with Crippen molar-refractivity contribution < 1.29 is 14.6 Å². The van der Waals surface area contributed by atoms with Crippen LogP contribution in [0.3, 0.4) is 0 Å². The summed E-state index contributed by atoms with van der Waals surface area (Å²) in [7, 11) is 0. The van der Waals surface area contributed by atoms with Crippen LogP contribution in [0.25, 0.3) is 4.98 Å². The molecule has 5 nitrogen and oxygen atoms in total. The van der Waals surface area contributed by atoms with E-state index in [4.69, 9.17) is 10.1 Å². The second-order valence-corrected chi connectivity index (χ2v) is 4.35. The lowest BCUT2D eigenvalue weighted by Crippen LogP contribution is -2.39. The van der Waals surface area contributed by atoms with Crippen molar-refractivity contribution in [1.29, 1.82) is 5.39 Å². The summed E-state index contributed by atoms with van der Waals surface area (Å²) in [5.74, 6) is -1.02. The molecule has 5 heteroatoms. The third kappa shape index (κ3) is 3.45. The van der Waals surface area contributed by atoms with Crippen LogP contribution in [0, 0.1) is 11.3 Å². The number of carbonyl (C=O) groups excluding carboxylic acids is 1. The van der Waals surface area contributed by atoms with Crippen molar-refractivity contribution in [3.63, 3.8) is 0 Å². The summed E-state index contributed by atoms with van der Waals surface area (Å²) in [6, 6.07) is 0. The summed E-state index contributed by atoms with van der Waals surface area (Å²) in [5, 5.41) is 17.8. The fourth-order valence-electron chi connectivity index (χ4n) is 1.82. The van der Waals surface area contributed by atoms with Gasteiger partial charge in [-0.15, -0.1) is 0 Å². The first kappa shape index (κ1) is 15.4. The molecule has 1 N–H and O–H groups in total. The van der Waals surface area contributed by atoms with Gasteiger partial charge in [0.25, 0.3) is 0 Å². The third-order valence-electron chi connectivity index (χ3n) is 3.18. The van der Waals surface area contributed by atoms with E-state index in [9.17, 15) is 9.90 Å². The van der Waals surface area contributed by atoms with E-state index in [1.165, 1.54) is 6.92 Å². The third-order valence-corrected chi connectivity index (χ3v) is 3.18. The molecular formula is C12H21N2O3+. The van der Waals surface area contributed by atoms with Crippen LogP contribution < -0.4 is 0 Å². The number of diazo groups is 1. The Balaban J connectivity index is 5.12. The summed E-state index contributed by atoms with van der Waals surface area (Å²) in [6.07, 6.45) is 1.33. The van der Waals surface area contributed by atoms with E-state index in [1.807, 2.05) is 27.7 Å². The quantitative estimate of drug-likeness (QED) is 0.346. The molecule has 0 aromatic heterocycles. The average Bonchev–Trinajstić information content (AvgIpc) is 2.25. The number of hydrogen-bond donors (Lipinski definition) is 1. The van der Waals surface area contributed by atoms with Crippen molar-refractivity contribution in [3.8, 4) is 0 Å². The predicted octanol–water partition coefficient (Wildman–Crippen LogP) is 3.39. The maximum Gasteiger partial charge on any atom is 0.504 e. The molecule has 0 heterocycles. The number of carbonyl (C=O) groups is 1. The number of esters is 1. The van der Waals surface area contributed by atoms with Gasteiger partial charge in [-0.05, 0) is 18.8 Å². The normalized spacial score (nSPS) is 13.0. The Labute approximate surface area is 102 Å². The fourth-order valence-corrected chi connectivity index (χ4v) is 1.82. The molecule has 0 fully saturated rings. The van der Waals surface area contributed by atoms with Crippen LogP contribution >= 0.6 is 0 Å². The number of aliphatic hydroxyl groups is 1. The first-order valence-corrected chi connectivity index (χ1v) is 5.82. The van der Waals surface area contributed by atoms with Gasteiger partial charge in [-0.3, -0.25) is 0 Å². The Hall–Kier alpha value is -1.57. The van der Waals surface area contributed by atoms with Crippen LogP contribution in [-0.4, -0.2) is 16.7 Å². The topological polar surface area (TPSA) is 74.7 Å². The molecule has 0 rings (SSSR count). The van der Waals surface area contributed by atoms with Gasteiger partial charge in [-0.1, -0.05) is 27.7 Å². The van der Waals surface area contributed by atoms with Crippen molar-refractivity contribution in [2.24, 2.45) is 5.92 Å². The molecule has 0 atom stereocenters. The lowest BCUT2D eigenvalue weighted by atomic mass is 9.85. The average molecular weight is 241 g/mol. The van der Waals surface area contributed by atoms with Crippen LogP contribution in [0.15, 0.2) is 11.5 Å². The van der Waals surface area contributed by atoms with Crippen molar-refractivity contribution in [2.75, 3.05) is 0 Å². The Bertz CT molecular complexity index is 345. The zero-order valence-corrected chi connectivity index (χ0v) is 11.1. The molecule has 0 spiro atoms. The van der Waals surface area contributed by atoms with E-state index < -0.39 is 17.3 Å². The number of aliphatic hydroxyl groups excluding tert-OH is 1. The first-order chi connectivity index (χ1) is 7.84. The number of ether oxygens (including phenoxy) is 1. The molecule has 0 bridgehead atoms. The maximum absolute atomic E-state index is 11.8. The van der Waals surface area contributed by atoms with Gasteiger partial charge < -0.3 is 9.84 Å². The summed E-state index contributed by atoms with van der Waals surface area (Å²) in [6.45, 7) is 9.06. The summed E-state index contributed by atoms with van der Waals surface area (Å²) in [4.78, 5) is 14.5. The smallest absolute Gasteiger partial charge is 0.504 e. The number of allylic oxidation sites excluding steroid dienone is 1. The maximum atomic E-state index is 11.8. The largest absolute Gasteiger partial charge is 0.505 e. The Kier molecular flexibility index (Phi) is 5.66. The van der Waals surface area contributed by atoms with Crippen LogP contribution in [-0.2, 0) is 9.53 Å². The zero-order chi connectivity index (χ0) is 13.6. The number of nitrogens with zero attached hydrogens (tertiary/aromatic N) is 2. The minimum Gasteiger partial charge on any atom is -0.505 e. The van der Waals surface area contributed by atoms with Crippen molar-refractivity contribution in [1.82, 2.24) is 0 Å². The molecule has 0 aromatic carbocycles. The highest BCUT2D eigenvalue weighted by molar-refractivity contribution is 5.90. The van der Waals surface area contributed by atoms with Crippen LogP contribution in [0.2, 0.25) is 0 Å². The molecule has 0 aromatic rings. The molecule has 0 aliphatic rings. The van der Waals surface area contributed by atoms with Crippen LogP contribution in [0.4, 0.5) is 0 Å². The Morgan fingerprint density at radius 2 is 1.88 bits per heavy atom. The molecule has 0 aliphatic heterocycles. The van der Waals surface area contributed by atoms with Gasteiger partial charge >= 0.3 is 11.7 Å². The minimum absolute atomic E-state index is 0.139. The standard InChI is InChI=1S/C12H20N2O3/c1-6-12(7-2,8(3)4)17-11(16)10(14-13)9(5)15/h8H,6-7H2,1-5H3/p+1. The highest BCUT2D eigenvalue weighted by Gasteiger charge is 2.39. The van der Waals surface area contributed by atoms with Crippen molar-refractivity contribution in [3.05, 3.63) is 16.4 Å². The van der Waals surface area contributed by atoms with Gasteiger partial charge in [0.2, 0.25) is 5.39 Å². The van der Waals surface area contributed by atoms with Gasteiger partial charge in [-0.2, -0.15) is 0 Å². The van der Waals surface area contributed by atoms with Gasteiger partial charge in [0.1, 0.15) is 5.60 Å². The molecule has 0 unspecified atom stereocenters. The highest BCUT2D eigenvalue weighted by Crippen LogP contribution is 2.30. The van der Waals surface area contributed by atoms with Crippen molar-refractivity contribution >= 4 is 5.97 Å². The highest BCUT2D eigenvalue weighted by atomic mass is 16.6. The molecule has 0 saturated heterocycles. The fraction of sp³-hybridized carbons (Fsp3) is 0.750. The lowest BCUT2D eigenvalue weighted by Gasteiger charge is -2.34. The lowest BCUT2D eigenvalue weighted by molar-refractivity contribution is -0.161. The molecule has 0 amide bonds. The zero-order valence-electron chi connectivity index (χ0n) is 11.1. The molecular weight excluding hydrogens is 220 g/mol. The van der Waals surface area contributed by atoms with E-state index >= 15 is 0 Å². The molecule has 0 saturated carbocycles. The Morgan fingerprint density at radius 3 is 2.12 bits per heavy atom. The summed E-state index contributed by atoms with van der Waals surface area (Å²) < 4.78 is 5.40. The summed E-state index contributed by atoms with van der Waals surface area (Å²) >= 11 is 0. The number of hydrogen-bond acceptors (Lipinski definition) is 4. The van der Waals surface area contributed by atoms with E-state index in [2.05, 4.69) is 4.98 Å². The second kappa shape index (κ2) is 6.24. The van der Waals surface area contributed by atoms with Gasteiger partial charge in [0.05, 0.1) is 0 Å². The van der Waals surface area contributed by atoms with E-state index in [0.717, 1.165) is 0 Å². The SMILES string of the molecule is CCC(CC)(OC(=O)/C([N+]#N)=C(/C)O)C(C)C. The Morgan fingerprint density at radius 1 is 1.41 bits per heavy atom. The summed E-state index contributed by atoms with van der Waals surface area (Å²) in [5.41, 5.74) is -1.04. The predicted molar refractivity (Wildman–Crippen MR) is 64.7 cm³/mol. The number of rotatable bonds is 5. The van der Waals surface area contributed by atoms with Gasteiger partial charge in [-0.25, -0.2) is 4.79 Å².